The Hall–Kier alpha value is -1.49. The molecule has 1 unspecified atom stereocenters. The third-order valence-corrected chi connectivity index (χ3v) is 2.42. The standard InChI is InChI=1S/C10H11FN2O2/c11-9-5-7(1-3-12-9)10(15)13-4-2-8(14)6-13/h1,3,5,8,14H,2,4,6H2. The fourth-order valence-corrected chi connectivity index (χ4v) is 1.64. The SMILES string of the molecule is O=C(c1ccnc(F)c1)N1CCC(O)C1. The number of carbonyl (C=O) groups excluding carboxylic acids is 1. The fraction of sp³-hybridized carbons (Fsp3) is 0.400. The maximum Gasteiger partial charge on any atom is 0.254 e. The number of amides is 1. The summed E-state index contributed by atoms with van der Waals surface area (Å²) in [5.41, 5.74) is 0.275. The number of hydrogen-bond donors (Lipinski definition) is 1. The highest BCUT2D eigenvalue weighted by Gasteiger charge is 2.25. The molecule has 5 heteroatoms. The molecule has 1 aromatic rings. The summed E-state index contributed by atoms with van der Waals surface area (Å²) < 4.78 is 12.8. The van der Waals surface area contributed by atoms with E-state index in [2.05, 4.69) is 4.98 Å². The molecule has 1 atom stereocenters. The van der Waals surface area contributed by atoms with Crippen LogP contribution in [0.25, 0.3) is 0 Å². The van der Waals surface area contributed by atoms with E-state index in [-0.39, 0.29) is 11.5 Å². The van der Waals surface area contributed by atoms with Crippen LogP contribution in [0, 0.1) is 5.95 Å². The first-order chi connectivity index (χ1) is 7.16. The molecule has 2 heterocycles. The number of aromatic nitrogens is 1. The minimum absolute atomic E-state index is 0.257. The predicted octanol–water partition coefficient (Wildman–Crippen LogP) is 0.428. The monoisotopic (exact) mass is 210 g/mol. The molecular weight excluding hydrogens is 199 g/mol. The number of rotatable bonds is 1. The first-order valence-electron chi connectivity index (χ1n) is 4.76. The van der Waals surface area contributed by atoms with Crippen LogP contribution in [-0.4, -0.2) is 40.1 Å². The summed E-state index contributed by atoms with van der Waals surface area (Å²) in [6.45, 7) is 0.840. The Labute approximate surface area is 86.4 Å². The Morgan fingerprint density at radius 1 is 1.67 bits per heavy atom. The zero-order valence-corrected chi connectivity index (χ0v) is 8.06. The number of carbonyl (C=O) groups is 1. The third-order valence-electron chi connectivity index (χ3n) is 2.42. The first kappa shape index (κ1) is 10.0. The number of halogens is 1. The van der Waals surface area contributed by atoms with Crippen LogP contribution in [-0.2, 0) is 0 Å². The van der Waals surface area contributed by atoms with E-state index in [0.29, 0.717) is 19.5 Å². The van der Waals surface area contributed by atoms with Gasteiger partial charge in [-0.3, -0.25) is 4.79 Å². The van der Waals surface area contributed by atoms with Gasteiger partial charge >= 0.3 is 0 Å². The second-order valence-corrected chi connectivity index (χ2v) is 3.56. The number of β-amino-alcohol motifs (C(OH)–C–C–N with tert-alkyl or cyclic N) is 1. The Bertz CT molecular complexity index is 383. The number of aliphatic hydroxyl groups is 1. The molecule has 80 valence electrons. The van der Waals surface area contributed by atoms with Crippen LogP contribution in [0.15, 0.2) is 18.3 Å². The number of aliphatic hydroxyl groups excluding tert-OH is 1. The molecule has 2 rings (SSSR count). The quantitative estimate of drug-likeness (QED) is 0.684. The van der Waals surface area contributed by atoms with E-state index < -0.39 is 12.1 Å². The topological polar surface area (TPSA) is 53.4 Å². The van der Waals surface area contributed by atoms with E-state index in [0.717, 1.165) is 6.07 Å². The lowest BCUT2D eigenvalue weighted by molar-refractivity contribution is 0.0764. The summed E-state index contributed by atoms with van der Waals surface area (Å²) in [6, 6.07) is 2.57. The molecule has 1 aliphatic rings. The zero-order chi connectivity index (χ0) is 10.8. The van der Waals surface area contributed by atoms with Crippen molar-refractivity contribution in [1.82, 2.24) is 9.88 Å². The normalized spacial score (nSPS) is 20.7. The van der Waals surface area contributed by atoms with Crippen molar-refractivity contribution >= 4 is 5.91 Å². The molecule has 0 saturated carbocycles. The Morgan fingerprint density at radius 3 is 3.07 bits per heavy atom. The van der Waals surface area contributed by atoms with Gasteiger partial charge in [-0.05, 0) is 12.5 Å². The highest BCUT2D eigenvalue weighted by Crippen LogP contribution is 2.13. The average Bonchev–Trinajstić information content (AvgIpc) is 2.64. The largest absolute Gasteiger partial charge is 0.391 e. The van der Waals surface area contributed by atoms with Crippen molar-refractivity contribution in [2.45, 2.75) is 12.5 Å². The highest BCUT2D eigenvalue weighted by molar-refractivity contribution is 5.94. The van der Waals surface area contributed by atoms with E-state index in [1.165, 1.54) is 17.2 Å². The summed E-state index contributed by atoms with van der Waals surface area (Å²) >= 11 is 0. The average molecular weight is 210 g/mol. The molecule has 0 bridgehead atoms. The summed E-state index contributed by atoms with van der Waals surface area (Å²) in [4.78, 5) is 16.7. The molecule has 0 aliphatic carbocycles. The Morgan fingerprint density at radius 2 is 2.47 bits per heavy atom. The molecule has 1 aromatic heterocycles. The van der Waals surface area contributed by atoms with Crippen molar-refractivity contribution in [3.63, 3.8) is 0 Å². The van der Waals surface area contributed by atoms with Gasteiger partial charge in [0.25, 0.3) is 5.91 Å². The van der Waals surface area contributed by atoms with Crippen molar-refractivity contribution in [1.29, 1.82) is 0 Å². The van der Waals surface area contributed by atoms with Gasteiger partial charge in [0, 0.05) is 30.9 Å². The van der Waals surface area contributed by atoms with Gasteiger partial charge in [-0.1, -0.05) is 0 Å². The molecule has 1 fully saturated rings. The van der Waals surface area contributed by atoms with E-state index >= 15 is 0 Å². The van der Waals surface area contributed by atoms with E-state index in [1.807, 2.05) is 0 Å². The summed E-state index contributed by atoms with van der Waals surface area (Å²) in [6.07, 6.45) is 1.38. The Kier molecular flexibility index (Phi) is 2.64. The van der Waals surface area contributed by atoms with Crippen molar-refractivity contribution in [2.24, 2.45) is 0 Å². The van der Waals surface area contributed by atoms with Crippen LogP contribution < -0.4 is 0 Å². The van der Waals surface area contributed by atoms with Crippen molar-refractivity contribution in [3.8, 4) is 0 Å². The van der Waals surface area contributed by atoms with Crippen molar-refractivity contribution in [3.05, 3.63) is 29.8 Å². The smallest absolute Gasteiger partial charge is 0.254 e. The minimum atomic E-state index is -0.666. The van der Waals surface area contributed by atoms with Gasteiger partial charge in [-0.15, -0.1) is 0 Å². The predicted molar refractivity (Wildman–Crippen MR) is 50.7 cm³/mol. The van der Waals surface area contributed by atoms with Crippen LogP contribution >= 0.6 is 0 Å². The van der Waals surface area contributed by atoms with Gasteiger partial charge in [-0.25, -0.2) is 4.98 Å². The molecule has 1 aliphatic heterocycles. The summed E-state index contributed by atoms with van der Waals surface area (Å²) in [5, 5.41) is 9.27. The number of likely N-dealkylation sites (tertiary alicyclic amines) is 1. The number of pyridine rings is 1. The van der Waals surface area contributed by atoms with Crippen LogP contribution in [0.4, 0.5) is 4.39 Å². The van der Waals surface area contributed by atoms with Crippen LogP contribution in [0.5, 0.6) is 0 Å². The molecule has 1 saturated heterocycles. The summed E-state index contributed by atoms with van der Waals surface area (Å²) in [7, 11) is 0. The molecule has 1 amide bonds. The van der Waals surface area contributed by atoms with Crippen molar-refractivity contribution < 1.29 is 14.3 Å². The molecule has 0 radical (unpaired) electrons. The highest BCUT2D eigenvalue weighted by atomic mass is 19.1. The lowest BCUT2D eigenvalue weighted by Crippen LogP contribution is -2.29. The third kappa shape index (κ3) is 2.12. The van der Waals surface area contributed by atoms with E-state index in [4.69, 9.17) is 0 Å². The van der Waals surface area contributed by atoms with Crippen molar-refractivity contribution in [2.75, 3.05) is 13.1 Å². The van der Waals surface area contributed by atoms with Gasteiger partial charge in [0.05, 0.1) is 6.10 Å². The second-order valence-electron chi connectivity index (χ2n) is 3.56. The lowest BCUT2D eigenvalue weighted by Gasteiger charge is -2.15. The van der Waals surface area contributed by atoms with Crippen LogP contribution in [0.2, 0.25) is 0 Å². The lowest BCUT2D eigenvalue weighted by atomic mass is 10.2. The van der Waals surface area contributed by atoms with Gasteiger partial charge < -0.3 is 10.0 Å². The molecule has 1 N–H and O–H groups in total. The van der Waals surface area contributed by atoms with E-state index in [1.54, 1.807) is 0 Å². The first-order valence-corrected chi connectivity index (χ1v) is 4.76. The second kappa shape index (κ2) is 3.94. The summed E-state index contributed by atoms with van der Waals surface area (Å²) in [5.74, 6) is -0.923. The van der Waals surface area contributed by atoms with Gasteiger partial charge in [0.2, 0.25) is 5.95 Å². The van der Waals surface area contributed by atoms with Gasteiger partial charge in [0.1, 0.15) is 0 Å². The molecule has 0 spiro atoms. The van der Waals surface area contributed by atoms with Crippen LogP contribution in [0.1, 0.15) is 16.8 Å². The number of hydrogen-bond acceptors (Lipinski definition) is 3. The van der Waals surface area contributed by atoms with Gasteiger partial charge in [0.15, 0.2) is 0 Å². The van der Waals surface area contributed by atoms with Gasteiger partial charge in [-0.2, -0.15) is 4.39 Å². The minimum Gasteiger partial charge on any atom is -0.391 e. The molecular formula is C10H11FN2O2. The fourth-order valence-electron chi connectivity index (χ4n) is 1.64. The maximum absolute atomic E-state index is 12.8. The molecule has 4 nitrogen and oxygen atoms in total. The Balaban J connectivity index is 2.14. The number of nitrogens with zero attached hydrogens (tertiary/aromatic N) is 2. The van der Waals surface area contributed by atoms with E-state index in [9.17, 15) is 14.3 Å². The maximum atomic E-state index is 12.8. The van der Waals surface area contributed by atoms with Crippen LogP contribution in [0.3, 0.4) is 0 Å². The molecule has 15 heavy (non-hydrogen) atoms. The molecule has 0 aromatic carbocycles. The zero-order valence-electron chi connectivity index (χ0n) is 8.06.